The second-order valence-corrected chi connectivity index (χ2v) is 4.13. The Balaban J connectivity index is -0.000000174. The number of halogens is 15. The molecule has 0 aliphatic heterocycles. The van der Waals surface area contributed by atoms with Crippen molar-refractivity contribution in [1.82, 2.24) is 0 Å². The SMILES string of the molecule is O=C(O)C(F)(F)C(F)(F)F.O=C(O)C(F)(F)C(F)(F)F.O=C(O)C(F)(F)C(F)(F)F.P. The van der Waals surface area contributed by atoms with E-state index in [9.17, 15) is 80.2 Å². The molecule has 0 aromatic rings. The van der Waals surface area contributed by atoms with Crippen molar-refractivity contribution in [3.05, 3.63) is 0 Å². The Labute approximate surface area is 161 Å². The minimum atomic E-state index is -6.02. The fraction of sp³-hybridized carbons (Fsp3) is 0.667. The molecule has 1 unspecified atom stereocenters. The van der Waals surface area contributed by atoms with Gasteiger partial charge in [0.15, 0.2) is 0 Å². The lowest BCUT2D eigenvalue weighted by atomic mass is 10.3. The van der Waals surface area contributed by atoms with Crippen molar-refractivity contribution in [1.29, 1.82) is 0 Å². The molecule has 22 heteroatoms. The van der Waals surface area contributed by atoms with E-state index in [1.165, 1.54) is 0 Å². The van der Waals surface area contributed by atoms with Crippen molar-refractivity contribution in [2.75, 3.05) is 0 Å². The summed E-state index contributed by atoms with van der Waals surface area (Å²) in [5.74, 6) is -26.5. The zero-order valence-electron chi connectivity index (χ0n) is 13.4. The van der Waals surface area contributed by atoms with Crippen LogP contribution in [-0.2, 0) is 14.4 Å². The topological polar surface area (TPSA) is 112 Å². The van der Waals surface area contributed by atoms with Crippen molar-refractivity contribution in [2.24, 2.45) is 0 Å². The molecule has 0 aromatic carbocycles. The number of aliphatic carboxylic acids is 3. The van der Waals surface area contributed by atoms with Crippen LogP contribution in [0.3, 0.4) is 0 Å². The normalized spacial score (nSPS) is 12.9. The maximum atomic E-state index is 11.3. The molecule has 0 aliphatic rings. The van der Waals surface area contributed by atoms with E-state index in [1.807, 2.05) is 0 Å². The molecular formula is C9H6F15O6P. The molecule has 0 heterocycles. The van der Waals surface area contributed by atoms with E-state index in [2.05, 4.69) is 0 Å². The molecule has 0 rings (SSSR count). The van der Waals surface area contributed by atoms with Gasteiger partial charge in [0.05, 0.1) is 0 Å². The molecule has 3 N–H and O–H groups in total. The van der Waals surface area contributed by atoms with Crippen LogP contribution in [0.25, 0.3) is 0 Å². The average molecular weight is 526 g/mol. The van der Waals surface area contributed by atoms with Crippen molar-refractivity contribution in [2.45, 2.75) is 36.3 Å². The number of carboxylic acid groups (broad SMARTS) is 3. The summed E-state index contributed by atoms with van der Waals surface area (Å²) in [6, 6.07) is 0. The summed E-state index contributed by atoms with van der Waals surface area (Å²) in [7, 11) is 0. The minimum absolute atomic E-state index is 0. The van der Waals surface area contributed by atoms with Crippen LogP contribution in [0.1, 0.15) is 0 Å². The molecule has 0 bridgehead atoms. The fourth-order valence-corrected chi connectivity index (χ4v) is 0.364. The van der Waals surface area contributed by atoms with Crippen LogP contribution in [0.15, 0.2) is 0 Å². The van der Waals surface area contributed by atoms with Gasteiger partial charge in [0, 0.05) is 0 Å². The molecule has 0 radical (unpaired) electrons. The van der Waals surface area contributed by atoms with Gasteiger partial charge in [-0.15, -0.1) is 0 Å². The standard InChI is InChI=1S/3C3HF5O2.H3P/c3*4-2(5,1(9)10)3(6,7)8;/h3*(H,9,10);1H3. The van der Waals surface area contributed by atoms with Gasteiger partial charge >= 0.3 is 54.2 Å². The van der Waals surface area contributed by atoms with E-state index in [0.29, 0.717) is 0 Å². The quantitative estimate of drug-likeness (QED) is 0.381. The van der Waals surface area contributed by atoms with Crippen molar-refractivity contribution in [3.8, 4) is 0 Å². The molecule has 0 aromatic heterocycles. The smallest absolute Gasteiger partial charge is 0.465 e. The number of hydrogen-bond acceptors (Lipinski definition) is 3. The van der Waals surface area contributed by atoms with Crippen LogP contribution in [0.5, 0.6) is 0 Å². The van der Waals surface area contributed by atoms with Gasteiger partial charge in [-0.3, -0.25) is 0 Å². The number of rotatable bonds is 3. The van der Waals surface area contributed by atoms with E-state index in [4.69, 9.17) is 15.3 Å². The van der Waals surface area contributed by atoms with Crippen molar-refractivity contribution < 1.29 is 95.6 Å². The summed E-state index contributed by atoms with van der Waals surface area (Å²) in [5.41, 5.74) is 0. The number of carboxylic acids is 3. The van der Waals surface area contributed by atoms with Crippen LogP contribution in [-0.4, -0.2) is 69.5 Å². The third-order valence-electron chi connectivity index (χ3n) is 1.87. The van der Waals surface area contributed by atoms with E-state index in [-0.39, 0.29) is 9.90 Å². The molecule has 0 fully saturated rings. The Morgan fingerprint density at radius 2 is 0.484 bits per heavy atom. The molecule has 0 amide bonds. The molecule has 0 spiro atoms. The first kappa shape index (κ1) is 36.2. The van der Waals surface area contributed by atoms with Gasteiger partial charge < -0.3 is 15.3 Å². The third-order valence-corrected chi connectivity index (χ3v) is 1.87. The van der Waals surface area contributed by atoms with Gasteiger partial charge in [-0.25, -0.2) is 14.4 Å². The van der Waals surface area contributed by atoms with Crippen molar-refractivity contribution in [3.63, 3.8) is 0 Å². The highest BCUT2D eigenvalue weighted by atomic mass is 31.0. The summed E-state index contributed by atoms with van der Waals surface area (Å²) >= 11 is 0. The second kappa shape index (κ2) is 10.9. The third kappa shape index (κ3) is 10.1. The predicted octanol–water partition coefficient (Wildman–Crippen LogP) is 3.86. The highest BCUT2D eigenvalue weighted by Gasteiger charge is 2.65. The van der Waals surface area contributed by atoms with E-state index in [1.54, 1.807) is 0 Å². The lowest BCUT2D eigenvalue weighted by Crippen LogP contribution is -2.43. The minimum Gasteiger partial charge on any atom is -0.477 e. The largest absolute Gasteiger partial charge is 0.477 e. The molecular weight excluding hydrogens is 520 g/mol. The molecule has 0 saturated heterocycles. The zero-order chi connectivity index (χ0) is 25.7. The first-order chi connectivity index (χ1) is 12.6. The fourth-order valence-electron chi connectivity index (χ4n) is 0.364. The van der Waals surface area contributed by atoms with Gasteiger partial charge in [-0.05, 0) is 0 Å². The average Bonchev–Trinajstić information content (AvgIpc) is 2.44. The molecule has 6 nitrogen and oxygen atoms in total. The molecule has 188 valence electrons. The monoisotopic (exact) mass is 526 g/mol. The highest BCUT2D eigenvalue weighted by molar-refractivity contribution is 6.92. The lowest BCUT2D eigenvalue weighted by Gasteiger charge is -2.13. The highest BCUT2D eigenvalue weighted by Crippen LogP contribution is 2.36. The number of hydrogen-bond donors (Lipinski definition) is 3. The van der Waals surface area contributed by atoms with Crippen LogP contribution in [0.4, 0.5) is 65.9 Å². The Kier molecular flexibility index (Phi) is 12.7. The Bertz CT molecular complexity index is 534. The maximum Gasteiger partial charge on any atom is 0.465 e. The summed E-state index contributed by atoms with van der Waals surface area (Å²) in [4.78, 5) is 27.6. The predicted molar refractivity (Wildman–Crippen MR) is 67.0 cm³/mol. The molecule has 0 saturated carbocycles. The Hall–Kier alpha value is -2.21. The Morgan fingerprint density at radius 1 is 0.387 bits per heavy atom. The van der Waals surface area contributed by atoms with Gasteiger partial charge in [0.2, 0.25) is 0 Å². The second-order valence-electron chi connectivity index (χ2n) is 4.13. The van der Waals surface area contributed by atoms with Gasteiger partial charge in [-0.1, -0.05) is 0 Å². The van der Waals surface area contributed by atoms with E-state index < -0.39 is 54.2 Å². The Morgan fingerprint density at radius 3 is 0.484 bits per heavy atom. The summed E-state index contributed by atoms with van der Waals surface area (Å²) in [5, 5.41) is 21.9. The van der Waals surface area contributed by atoms with Gasteiger partial charge in [0.25, 0.3) is 0 Å². The van der Waals surface area contributed by atoms with Crippen LogP contribution < -0.4 is 0 Å². The van der Waals surface area contributed by atoms with E-state index in [0.717, 1.165) is 0 Å². The molecule has 31 heavy (non-hydrogen) atoms. The first-order valence-electron chi connectivity index (χ1n) is 5.62. The number of carbonyl (C=O) groups is 3. The number of alkyl halides is 15. The van der Waals surface area contributed by atoms with E-state index >= 15 is 0 Å². The van der Waals surface area contributed by atoms with Gasteiger partial charge in [0.1, 0.15) is 0 Å². The van der Waals surface area contributed by atoms with Gasteiger partial charge in [-0.2, -0.15) is 75.8 Å². The maximum absolute atomic E-state index is 11.3. The summed E-state index contributed by atoms with van der Waals surface area (Å²) < 4.78 is 167. The summed E-state index contributed by atoms with van der Waals surface area (Å²) in [6.07, 6.45) is -18.0. The molecule has 1 atom stereocenters. The van der Waals surface area contributed by atoms with Crippen LogP contribution in [0.2, 0.25) is 0 Å². The van der Waals surface area contributed by atoms with Crippen LogP contribution in [0, 0.1) is 0 Å². The summed E-state index contributed by atoms with van der Waals surface area (Å²) in [6.45, 7) is 0. The van der Waals surface area contributed by atoms with Crippen molar-refractivity contribution >= 4 is 27.8 Å². The molecule has 0 aliphatic carbocycles. The first-order valence-corrected chi connectivity index (χ1v) is 5.62. The lowest BCUT2D eigenvalue weighted by molar-refractivity contribution is -0.278. The van der Waals surface area contributed by atoms with Crippen LogP contribution >= 0.6 is 9.90 Å². The zero-order valence-corrected chi connectivity index (χ0v) is 14.9.